The van der Waals surface area contributed by atoms with E-state index in [0.717, 1.165) is 36.1 Å². The molecule has 0 atom stereocenters. The van der Waals surface area contributed by atoms with Gasteiger partial charge in [-0.15, -0.1) is 0 Å². The summed E-state index contributed by atoms with van der Waals surface area (Å²) in [7, 11) is 0. The second kappa shape index (κ2) is 15.5. The van der Waals surface area contributed by atoms with E-state index in [1.807, 2.05) is 18.2 Å². The predicted molar refractivity (Wildman–Crippen MR) is 133 cm³/mol. The number of benzene rings is 2. The van der Waals surface area contributed by atoms with Gasteiger partial charge in [-0.2, -0.15) is 13.2 Å². The van der Waals surface area contributed by atoms with E-state index in [9.17, 15) is 18.0 Å². The molecule has 0 saturated heterocycles. The molecule has 0 bridgehead atoms. The van der Waals surface area contributed by atoms with Crippen LogP contribution in [-0.2, 0) is 19.3 Å². The van der Waals surface area contributed by atoms with Crippen molar-refractivity contribution in [3.63, 3.8) is 0 Å². The first kappa shape index (κ1) is 27.9. The Bertz CT molecular complexity index is 834. The van der Waals surface area contributed by atoms with E-state index in [1.165, 1.54) is 63.5 Å². The molecule has 0 heterocycles. The summed E-state index contributed by atoms with van der Waals surface area (Å²) in [6.07, 6.45) is 8.33. The van der Waals surface area contributed by atoms with Crippen LogP contribution in [0.3, 0.4) is 0 Å². The zero-order valence-corrected chi connectivity index (χ0v) is 20.4. The highest BCUT2D eigenvalue weighted by Gasteiger charge is 2.29. The number of nitrogens with one attached hydrogen (secondary N) is 2. The third kappa shape index (κ3) is 11.2. The zero-order chi connectivity index (χ0) is 24.7. The lowest BCUT2D eigenvalue weighted by atomic mass is 10.1. The lowest BCUT2D eigenvalue weighted by Gasteiger charge is -2.10. The molecule has 0 aliphatic carbocycles. The van der Waals surface area contributed by atoms with Crippen molar-refractivity contribution < 1.29 is 18.0 Å². The monoisotopic (exact) mass is 476 g/mol. The first-order chi connectivity index (χ1) is 16.4. The Morgan fingerprint density at radius 3 is 1.97 bits per heavy atom. The van der Waals surface area contributed by atoms with E-state index < -0.39 is 11.7 Å². The van der Waals surface area contributed by atoms with Gasteiger partial charge in [0.05, 0.1) is 5.56 Å². The van der Waals surface area contributed by atoms with Crippen LogP contribution in [0.4, 0.5) is 13.2 Å². The van der Waals surface area contributed by atoms with Crippen molar-refractivity contribution in [2.45, 2.75) is 90.4 Å². The zero-order valence-electron chi connectivity index (χ0n) is 20.4. The number of carbonyl (C=O) groups excluding carboxylic acids is 1. The molecule has 2 aromatic rings. The van der Waals surface area contributed by atoms with E-state index in [4.69, 9.17) is 0 Å². The fraction of sp³-hybridized carbons (Fsp3) is 0.536. The minimum absolute atomic E-state index is 0.0690. The van der Waals surface area contributed by atoms with Gasteiger partial charge in [0.2, 0.25) is 0 Å². The summed E-state index contributed by atoms with van der Waals surface area (Å²) in [6.45, 7) is 3.91. The molecule has 0 fully saturated rings. The molecule has 2 N–H and O–H groups in total. The topological polar surface area (TPSA) is 41.1 Å². The van der Waals surface area contributed by atoms with Gasteiger partial charge in [-0.1, -0.05) is 89.0 Å². The van der Waals surface area contributed by atoms with Gasteiger partial charge in [-0.25, -0.2) is 0 Å². The van der Waals surface area contributed by atoms with Crippen LogP contribution in [0.1, 0.15) is 98.2 Å². The summed E-state index contributed by atoms with van der Waals surface area (Å²) in [5, 5.41) is 6.22. The van der Waals surface area contributed by atoms with Crippen LogP contribution < -0.4 is 10.6 Å². The van der Waals surface area contributed by atoms with Gasteiger partial charge in [0.15, 0.2) is 0 Å². The van der Waals surface area contributed by atoms with E-state index in [-0.39, 0.29) is 5.91 Å². The highest BCUT2D eigenvalue weighted by atomic mass is 19.4. The second-order valence-corrected chi connectivity index (χ2v) is 8.94. The fourth-order valence-corrected chi connectivity index (χ4v) is 3.90. The van der Waals surface area contributed by atoms with Gasteiger partial charge in [0.1, 0.15) is 0 Å². The third-order valence-corrected chi connectivity index (χ3v) is 5.94. The van der Waals surface area contributed by atoms with Crippen molar-refractivity contribution in [3.05, 3.63) is 70.8 Å². The molecule has 0 aromatic heterocycles. The number of amides is 1. The first-order valence-electron chi connectivity index (χ1n) is 12.6. The molecular weight excluding hydrogens is 437 g/mol. The van der Waals surface area contributed by atoms with Crippen LogP contribution in [0.5, 0.6) is 0 Å². The van der Waals surface area contributed by atoms with Crippen molar-refractivity contribution in [1.82, 2.24) is 10.6 Å². The van der Waals surface area contributed by atoms with Crippen molar-refractivity contribution >= 4 is 5.91 Å². The summed E-state index contributed by atoms with van der Waals surface area (Å²) in [6, 6.07) is 12.6. The quantitative estimate of drug-likeness (QED) is 0.244. The summed E-state index contributed by atoms with van der Waals surface area (Å²) < 4.78 is 38.0. The largest absolute Gasteiger partial charge is 0.416 e. The van der Waals surface area contributed by atoms with E-state index in [1.54, 1.807) is 6.07 Å². The number of unbranched alkanes of at least 4 members (excludes halogenated alkanes) is 9. The second-order valence-electron chi connectivity index (χ2n) is 8.94. The number of alkyl halides is 3. The summed E-state index contributed by atoms with van der Waals surface area (Å²) in [5.41, 5.74) is 1.71. The van der Waals surface area contributed by atoms with Crippen LogP contribution in [0.25, 0.3) is 0 Å². The average Bonchev–Trinajstić information content (AvgIpc) is 2.82. The van der Waals surface area contributed by atoms with Gasteiger partial charge in [-0.3, -0.25) is 4.79 Å². The molecule has 34 heavy (non-hydrogen) atoms. The van der Waals surface area contributed by atoms with Crippen LogP contribution in [0.15, 0.2) is 48.5 Å². The molecule has 0 saturated carbocycles. The summed E-state index contributed by atoms with van der Waals surface area (Å²) in [5.74, 6) is -0.0690. The van der Waals surface area contributed by atoms with Crippen LogP contribution in [0, 0.1) is 0 Å². The molecule has 0 spiro atoms. The SMILES string of the molecule is CCCCCCCCCCCCNC(=O)c1cccc(CNCc2ccc(C(F)(F)F)cc2)c1. The van der Waals surface area contributed by atoms with Gasteiger partial charge in [-0.05, 0) is 41.8 Å². The minimum atomic E-state index is -4.32. The van der Waals surface area contributed by atoms with Crippen molar-refractivity contribution in [3.8, 4) is 0 Å². The predicted octanol–water partition coefficient (Wildman–Crippen LogP) is 7.65. The molecule has 2 rings (SSSR count). The Balaban J connectivity index is 1.61. The van der Waals surface area contributed by atoms with E-state index in [2.05, 4.69) is 17.6 Å². The number of rotatable bonds is 16. The number of hydrogen-bond acceptors (Lipinski definition) is 2. The first-order valence-corrected chi connectivity index (χ1v) is 12.6. The highest BCUT2D eigenvalue weighted by Crippen LogP contribution is 2.29. The molecule has 0 aliphatic heterocycles. The van der Waals surface area contributed by atoms with Gasteiger partial charge in [0, 0.05) is 25.2 Å². The van der Waals surface area contributed by atoms with Crippen molar-refractivity contribution in [2.24, 2.45) is 0 Å². The van der Waals surface area contributed by atoms with Crippen LogP contribution in [-0.4, -0.2) is 12.5 Å². The van der Waals surface area contributed by atoms with E-state index in [0.29, 0.717) is 25.2 Å². The number of hydrogen-bond donors (Lipinski definition) is 2. The maximum absolute atomic E-state index is 12.7. The Labute approximate surface area is 202 Å². The third-order valence-electron chi connectivity index (χ3n) is 5.94. The van der Waals surface area contributed by atoms with Gasteiger partial charge >= 0.3 is 6.18 Å². The summed E-state index contributed by atoms with van der Waals surface area (Å²) in [4.78, 5) is 12.4. The molecule has 0 aliphatic rings. The average molecular weight is 477 g/mol. The van der Waals surface area contributed by atoms with Gasteiger partial charge < -0.3 is 10.6 Å². The molecule has 3 nitrogen and oxygen atoms in total. The Kier molecular flexibility index (Phi) is 12.8. The van der Waals surface area contributed by atoms with Crippen molar-refractivity contribution in [1.29, 1.82) is 0 Å². The normalized spacial score (nSPS) is 11.5. The smallest absolute Gasteiger partial charge is 0.352 e. The molecule has 1 amide bonds. The lowest BCUT2D eigenvalue weighted by molar-refractivity contribution is -0.137. The molecule has 0 radical (unpaired) electrons. The van der Waals surface area contributed by atoms with Crippen LogP contribution >= 0.6 is 0 Å². The summed E-state index contributed by atoms with van der Waals surface area (Å²) >= 11 is 0. The Hall–Kier alpha value is -2.34. The Morgan fingerprint density at radius 1 is 0.765 bits per heavy atom. The lowest BCUT2D eigenvalue weighted by Crippen LogP contribution is -2.24. The van der Waals surface area contributed by atoms with E-state index >= 15 is 0 Å². The molecule has 188 valence electrons. The molecule has 6 heteroatoms. The maximum atomic E-state index is 12.7. The van der Waals surface area contributed by atoms with Crippen molar-refractivity contribution in [2.75, 3.05) is 6.54 Å². The molecule has 0 unspecified atom stereocenters. The minimum Gasteiger partial charge on any atom is -0.352 e. The Morgan fingerprint density at radius 2 is 1.35 bits per heavy atom. The standard InChI is InChI=1S/C28H39F3N2O/c1-2-3-4-5-6-7-8-9-10-11-19-33-27(34)25-14-12-13-24(20-25)22-32-21-23-15-17-26(18-16-23)28(29,30)31/h12-18,20,32H,2-11,19,21-22H2,1H3,(H,33,34). The highest BCUT2D eigenvalue weighted by molar-refractivity contribution is 5.94. The maximum Gasteiger partial charge on any atom is 0.416 e. The fourth-order valence-electron chi connectivity index (χ4n) is 3.90. The van der Waals surface area contributed by atoms with Crippen LogP contribution in [0.2, 0.25) is 0 Å². The number of halogens is 3. The molecular formula is C28H39F3N2O. The molecule has 2 aromatic carbocycles. The van der Waals surface area contributed by atoms with Gasteiger partial charge in [0.25, 0.3) is 5.91 Å². The number of carbonyl (C=O) groups is 1.